The molecule has 3 nitrogen and oxygen atoms in total. The van der Waals surface area contributed by atoms with Crippen LogP contribution in [0.5, 0.6) is 0 Å². The Kier molecular flexibility index (Phi) is 3.10. The summed E-state index contributed by atoms with van der Waals surface area (Å²) in [6.07, 6.45) is 1.20. The van der Waals surface area contributed by atoms with Gasteiger partial charge in [0.05, 0.1) is 0 Å². The first kappa shape index (κ1) is 11.3. The Morgan fingerprint density at radius 1 is 1.44 bits per heavy atom. The topological polar surface area (TPSA) is 25.2 Å². The fourth-order valence-electron chi connectivity index (χ4n) is 1.94. The zero-order valence-electron chi connectivity index (χ0n) is 9.69. The summed E-state index contributed by atoms with van der Waals surface area (Å²) in [6, 6.07) is 3.58. The highest BCUT2D eigenvalue weighted by Crippen LogP contribution is 2.15. The fourth-order valence-corrected chi connectivity index (χ4v) is 1.94. The van der Waals surface area contributed by atoms with E-state index in [2.05, 4.69) is 0 Å². The molecular formula is C12H17FN2O. The van der Waals surface area contributed by atoms with Gasteiger partial charge in [-0.15, -0.1) is 0 Å². The molecule has 1 fully saturated rings. The average molecular weight is 224 g/mol. The molecule has 4 heteroatoms. The summed E-state index contributed by atoms with van der Waals surface area (Å²) in [5, 5.41) is 0. The quantitative estimate of drug-likeness (QED) is 0.779. The van der Waals surface area contributed by atoms with E-state index in [0.717, 1.165) is 12.1 Å². The Hall–Kier alpha value is -1.16. The number of pyridine rings is 1. The van der Waals surface area contributed by atoms with Crippen LogP contribution in [0.4, 0.5) is 4.39 Å². The van der Waals surface area contributed by atoms with Crippen molar-refractivity contribution in [1.29, 1.82) is 0 Å². The lowest BCUT2D eigenvalue weighted by atomic mass is 10.1. The van der Waals surface area contributed by atoms with E-state index in [1.54, 1.807) is 10.6 Å². The molecule has 0 N–H and O–H groups in total. The predicted molar refractivity (Wildman–Crippen MR) is 61.3 cm³/mol. The number of halogens is 1. The van der Waals surface area contributed by atoms with Crippen molar-refractivity contribution in [2.45, 2.75) is 32.6 Å². The third kappa shape index (κ3) is 2.32. The minimum atomic E-state index is -0.670. The van der Waals surface area contributed by atoms with Crippen LogP contribution in [0, 0.1) is 0 Å². The molecule has 2 rings (SSSR count). The van der Waals surface area contributed by atoms with Gasteiger partial charge in [-0.2, -0.15) is 0 Å². The number of likely N-dealkylation sites (tertiary alicyclic amines) is 1. The van der Waals surface area contributed by atoms with Crippen LogP contribution in [0.15, 0.2) is 23.1 Å². The van der Waals surface area contributed by atoms with Crippen LogP contribution >= 0.6 is 0 Å². The molecule has 0 aliphatic carbocycles. The Bertz CT molecular complexity index is 421. The summed E-state index contributed by atoms with van der Waals surface area (Å²) in [6.45, 7) is 5.72. The maximum Gasteiger partial charge on any atom is 0.250 e. The lowest BCUT2D eigenvalue weighted by molar-refractivity contribution is 0.0589. The van der Waals surface area contributed by atoms with Gasteiger partial charge >= 0.3 is 0 Å². The number of hydrogen-bond donors (Lipinski definition) is 0. The van der Waals surface area contributed by atoms with Crippen LogP contribution in [0.25, 0.3) is 0 Å². The molecule has 1 aliphatic rings. The lowest BCUT2D eigenvalue weighted by Crippen LogP contribution is -2.47. The zero-order valence-corrected chi connectivity index (χ0v) is 9.69. The van der Waals surface area contributed by atoms with Crippen LogP contribution in [0.3, 0.4) is 0 Å². The highest BCUT2D eigenvalue weighted by atomic mass is 19.1. The van der Waals surface area contributed by atoms with Gasteiger partial charge in [-0.3, -0.25) is 9.69 Å². The van der Waals surface area contributed by atoms with Crippen LogP contribution in [0.1, 0.15) is 25.5 Å². The van der Waals surface area contributed by atoms with Gasteiger partial charge < -0.3 is 4.57 Å². The van der Waals surface area contributed by atoms with Crippen molar-refractivity contribution >= 4 is 0 Å². The Labute approximate surface area is 94.5 Å². The zero-order chi connectivity index (χ0) is 11.7. The Morgan fingerprint density at radius 3 is 2.69 bits per heavy atom. The van der Waals surface area contributed by atoms with Crippen molar-refractivity contribution in [3.8, 4) is 0 Å². The molecule has 0 aromatic carbocycles. The molecule has 88 valence electrons. The van der Waals surface area contributed by atoms with Gasteiger partial charge in [-0.05, 0) is 19.4 Å². The number of rotatable bonds is 3. The van der Waals surface area contributed by atoms with E-state index < -0.39 is 6.17 Å². The second-order valence-electron chi connectivity index (χ2n) is 4.67. The number of hydrogen-bond acceptors (Lipinski definition) is 2. The molecule has 1 aromatic rings. The monoisotopic (exact) mass is 224 g/mol. The minimum Gasteiger partial charge on any atom is -0.313 e. The molecule has 0 bridgehead atoms. The first-order chi connectivity index (χ1) is 7.56. The number of alkyl halides is 1. The van der Waals surface area contributed by atoms with E-state index in [1.165, 1.54) is 0 Å². The second kappa shape index (κ2) is 4.37. The van der Waals surface area contributed by atoms with Crippen molar-refractivity contribution < 1.29 is 4.39 Å². The van der Waals surface area contributed by atoms with Gasteiger partial charge in [-0.1, -0.05) is 6.07 Å². The van der Waals surface area contributed by atoms with Crippen molar-refractivity contribution in [2.75, 3.05) is 13.1 Å². The summed E-state index contributed by atoms with van der Waals surface area (Å²) in [5.41, 5.74) is 1.09. The molecule has 1 saturated heterocycles. The van der Waals surface area contributed by atoms with E-state index in [-0.39, 0.29) is 11.6 Å². The molecule has 0 radical (unpaired) electrons. The van der Waals surface area contributed by atoms with Crippen molar-refractivity contribution in [1.82, 2.24) is 9.47 Å². The third-order valence-corrected chi connectivity index (χ3v) is 2.87. The molecule has 0 atom stereocenters. The molecule has 0 saturated carbocycles. The second-order valence-corrected chi connectivity index (χ2v) is 4.67. The van der Waals surface area contributed by atoms with E-state index in [0.29, 0.717) is 13.1 Å². The van der Waals surface area contributed by atoms with Crippen LogP contribution in [-0.4, -0.2) is 28.7 Å². The fraction of sp³-hybridized carbons (Fsp3) is 0.583. The maximum absolute atomic E-state index is 12.6. The maximum atomic E-state index is 12.6. The lowest BCUT2D eigenvalue weighted by Gasteiger charge is -2.34. The van der Waals surface area contributed by atoms with E-state index in [9.17, 15) is 9.18 Å². The minimum absolute atomic E-state index is 0.0192. The summed E-state index contributed by atoms with van der Waals surface area (Å²) in [4.78, 5) is 13.6. The Morgan fingerprint density at radius 2 is 2.12 bits per heavy atom. The first-order valence-corrected chi connectivity index (χ1v) is 5.64. The van der Waals surface area contributed by atoms with Gasteiger partial charge in [0.1, 0.15) is 6.17 Å². The van der Waals surface area contributed by atoms with Crippen molar-refractivity contribution in [2.24, 2.45) is 0 Å². The smallest absolute Gasteiger partial charge is 0.250 e. The third-order valence-electron chi connectivity index (χ3n) is 2.87. The van der Waals surface area contributed by atoms with Gasteiger partial charge in [0.25, 0.3) is 5.56 Å². The number of nitrogens with zero attached hydrogens (tertiary/aromatic N) is 2. The number of aromatic nitrogens is 1. The molecule has 0 spiro atoms. The van der Waals surface area contributed by atoms with Gasteiger partial charge in [0.2, 0.25) is 0 Å². The van der Waals surface area contributed by atoms with Crippen LogP contribution in [0.2, 0.25) is 0 Å². The summed E-state index contributed by atoms with van der Waals surface area (Å²) in [5.74, 6) is 0. The van der Waals surface area contributed by atoms with E-state index in [1.807, 2.05) is 31.0 Å². The predicted octanol–water partition coefficient (Wildman–Crippen LogP) is 1.58. The molecule has 0 unspecified atom stereocenters. The molecule has 1 aliphatic heterocycles. The molecular weight excluding hydrogens is 207 g/mol. The SMILES string of the molecule is CC(C)n1cc(CN2CC(F)C2)ccc1=O. The summed E-state index contributed by atoms with van der Waals surface area (Å²) >= 11 is 0. The average Bonchev–Trinajstić information content (AvgIpc) is 2.18. The molecule has 2 heterocycles. The van der Waals surface area contributed by atoms with E-state index in [4.69, 9.17) is 0 Å². The first-order valence-electron chi connectivity index (χ1n) is 5.64. The van der Waals surface area contributed by atoms with Crippen molar-refractivity contribution in [3.05, 3.63) is 34.2 Å². The summed E-state index contributed by atoms with van der Waals surface area (Å²) in [7, 11) is 0. The summed E-state index contributed by atoms with van der Waals surface area (Å²) < 4.78 is 14.4. The van der Waals surface area contributed by atoms with Crippen LogP contribution < -0.4 is 5.56 Å². The highest BCUT2D eigenvalue weighted by molar-refractivity contribution is 5.11. The van der Waals surface area contributed by atoms with Crippen LogP contribution in [-0.2, 0) is 6.54 Å². The van der Waals surface area contributed by atoms with Gasteiger partial charge in [0, 0.05) is 37.9 Å². The Balaban J connectivity index is 2.10. The van der Waals surface area contributed by atoms with Gasteiger partial charge in [0.15, 0.2) is 0 Å². The van der Waals surface area contributed by atoms with Crippen molar-refractivity contribution in [3.63, 3.8) is 0 Å². The standard InChI is InChI=1S/C12H17FN2O/c1-9(2)15-6-10(3-4-12(15)16)5-14-7-11(13)8-14/h3-4,6,9,11H,5,7-8H2,1-2H3. The normalized spacial score (nSPS) is 17.8. The molecule has 16 heavy (non-hydrogen) atoms. The van der Waals surface area contributed by atoms with E-state index >= 15 is 0 Å². The molecule has 1 aromatic heterocycles. The largest absolute Gasteiger partial charge is 0.313 e. The van der Waals surface area contributed by atoms with Gasteiger partial charge in [-0.25, -0.2) is 4.39 Å². The molecule has 0 amide bonds. The highest BCUT2D eigenvalue weighted by Gasteiger charge is 2.25.